The van der Waals surface area contributed by atoms with Gasteiger partial charge >= 0.3 is 6.09 Å². The van der Waals surface area contributed by atoms with E-state index in [1.165, 1.54) is 0 Å². The molecule has 1 saturated carbocycles. The lowest BCUT2D eigenvalue weighted by Gasteiger charge is -2.26. The number of fused-ring (bicyclic) bond motifs is 1. The molecule has 0 spiro atoms. The number of carbonyl (C=O) groups excluding carboxylic acids is 2. The van der Waals surface area contributed by atoms with E-state index in [0.29, 0.717) is 17.8 Å². The van der Waals surface area contributed by atoms with Gasteiger partial charge in [0.1, 0.15) is 12.1 Å². The number of rotatable bonds is 5. The zero-order valence-electron chi connectivity index (χ0n) is 19.6. The summed E-state index contributed by atoms with van der Waals surface area (Å²) in [5, 5.41) is 6.57. The number of amides is 2. The molecule has 31 heavy (non-hydrogen) atoms. The quantitative estimate of drug-likeness (QED) is 0.497. The zero-order chi connectivity index (χ0) is 22.6. The second-order valence-corrected chi connectivity index (χ2v) is 10.2. The first-order chi connectivity index (χ1) is 14.6. The lowest BCUT2D eigenvalue weighted by molar-refractivity contribution is -0.127. The summed E-state index contributed by atoms with van der Waals surface area (Å²) < 4.78 is 10.9. The summed E-state index contributed by atoms with van der Waals surface area (Å²) >= 11 is 0. The van der Waals surface area contributed by atoms with Crippen molar-refractivity contribution in [2.24, 2.45) is 22.7 Å². The van der Waals surface area contributed by atoms with Crippen LogP contribution in [0, 0.1) is 17.8 Å². The second-order valence-electron chi connectivity index (χ2n) is 10.2. The van der Waals surface area contributed by atoms with Crippen LogP contribution in [-0.2, 0) is 14.3 Å². The Kier molecular flexibility index (Phi) is 7.67. The first kappa shape index (κ1) is 23.6. The SMILES string of the molecule is CN(C)C(=O)CN=C(NCC1CCOC1)N1CC2CCC(NC(=O)OC(C)(C)C)C2C1. The largest absolute Gasteiger partial charge is 0.444 e. The summed E-state index contributed by atoms with van der Waals surface area (Å²) in [7, 11) is 3.49. The Bertz CT molecular complexity index is 669. The average Bonchev–Trinajstić information content (AvgIpc) is 3.39. The maximum Gasteiger partial charge on any atom is 0.407 e. The van der Waals surface area contributed by atoms with Crippen molar-refractivity contribution >= 4 is 18.0 Å². The molecule has 2 aliphatic heterocycles. The molecule has 2 heterocycles. The molecule has 0 aromatic heterocycles. The number of hydrogen-bond donors (Lipinski definition) is 2. The van der Waals surface area contributed by atoms with Gasteiger partial charge in [-0.05, 0) is 46.0 Å². The summed E-state index contributed by atoms with van der Waals surface area (Å²) in [6.45, 7) is 9.82. The molecule has 2 amide bonds. The van der Waals surface area contributed by atoms with Gasteiger partial charge in [-0.1, -0.05) is 0 Å². The van der Waals surface area contributed by atoms with Crippen molar-refractivity contribution in [3.8, 4) is 0 Å². The van der Waals surface area contributed by atoms with E-state index in [-0.39, 0.29) is 24.6 Å². The lowest BCUT2D eigenvalue weighted by atomic mass is 9.98. The Morgan fingerprint density at radius 2 is 1.97 bits per heavy atom. The molecule has 9 heteroatoms. The first-order valence-electron chi connectivity index (χ1n) is 11.4. The van der Waals surface area contributed by atoms with E-state index in [1.807, 2.05) is 20.8 Å². The van der Waals surface area contributed by atoms with E-state index < -0.39 is 5.60 Å². The van der Waals surface area contributed by atoms with Crippen molar-refractivity contribution in [3.63, 3.8) is 0 Å². The minimum atomic E-state index is -0.503. The van der Waals surface area contributed by atoms with Gasteiger partial charge in [0, 0.05) is 58.2 Å². The van der Waals surface area contributed by atoms with Crippen LogP contribution in [0.25, 0.3) is 0 Å². The van der Waals surface area contributed by atoms with Gasteiger partial charge in [-0.25, -0.2) is 9.79 Å². The fourth-order valence-corrected chi connectivity index (χ4v) is 4.61. The van der Waals surface area contributed by atoms with Crippen molar-refractivity contribution in [2.75, 3.05) is 53.5 Å². The maximum atomic E-state index is 12.3. The molecule has 4 unspecified atom stereocenters. The van der Waals surface area contributed by atoms with E-state index in [4.69, 9.17) is 9.47 Å². The number of hydrogen-bond acceptors (Lipinski definition) is 5. The van der Waals surface area contributed by atoms with Gasteiger partial charge in [-0.3, -0.25) is 4.79 Å². The molecule has 3 rings (SSSR count). The summed E-state index contributed by atoms with van der Waals surface area (Å²) in [5.41, 5.74) is -0.503. The summed E-state index contributed by atoms with van der Waals surface area (Å²) in [5.74, 6) is 2.10. The van der Waals surface area contributed by atoms with Crippen molar-refractivity contribution in [1.82, 2.24) is 20.4 Å². The Hall–Kier alpha value is -2.03. The molecule has 9 nitrogen and oxygen atoms in total. The van der Waals surface area contributed by atoms with Crippen LogP contribution < -0.4 is 10.6 Å². The van der Waals surface area contributed by atoms with E-state index in [2.05, 4.69) is 20.5 Å². The van der Waals surface area contributed by atoms with Crippen molar-refractivity contribution < 1.29 is 19.1 Å². The molecule has 0 aromatic rings. The van der Waals surface area contributed by atoms with E-state index in [1.54, 1.807) is 19.0 Å². The minimum Gasteiger partial charge on any atom is -0.444 e. The topological polar surface area (TPSA) is 95.5 Å². The van der Waals surface area contributed by atoms with Crippen LogP contribution in [0.5, 0.6) is 0 Å². The predicted molar refractivity (Wildman–Crippen MR) is 119 cm³/mol. The number of guanidine groups is 1. The average molecular weight is 438 g/mol. The van der Waals surface area contributed by atoms with Gasteiger partial charge in [-0.15, -0.1) is 0 Å². The molecule has 0 radical (unpaired) electrons. The van der Waals surface area contributed by atoms with Crippen molar-refractivity contribution in [2.45, 2.75) is 51.7 Å². The summed E-state index contributed by atoms with van der Waals surface area (Å²) in [6, 6.07) is 0.109. The Balaban J connectivity index is 1.61. The number of carbonyl (C=O) groups is 2. The highest BCUT2D eigenvalue weighted by Gasteiger charge is 2.44. The smallest absolute Gasteiger partial charge is 0.407 e. The molecule has 1 aliphatic carbocycles. The monoisotopic (exact) mass is 437 g/mol. The molecule has 0 bridgehead atoms. The second kappa shape index (κ2) is 10.1. The molecule has 3 fully saturated rings. The number of likely N-dealkylation sites (N-methyl/N-ethyl adjacent to an activating group) is 1. The molecule has 2 saturated heterocycles. The molecular weight excluding hydrogens is 398 g/mol. The van der Waals surface area contributed by atoms with Crippen LogP contribution in [0.2, 0.25) is 0 Å². The van der Waals surface area contributed by atoms with Crippen molar-refractivity contribution in [1.29, 1.82) is 0 Å². The molecule has 176 valence electrons. The van der Waals surface area contributed by atoms with Gasteiger partial charge in [0.2, 0.25) is 5.91 Å². The van der Waals surface area contributed by atoms with Gasteiger partial charge in [-0.2, -0.15) is 0 Å². The van der Waals surface area contributed by atoms with Gasteiger partial charge in [0.15, 0.2) is 5.96 Å². The number of nitrogens with one attached hydrogen (secondary N) is 2. The summed E-state index contributed by atoms with van der Waals surface area (Å²) in [4.78, 5) is 32.8. The van der Waals surface area contributed by atoms with E-state index >= 15 is 0 Å². The highest BCUT2D eigenvalue weighted by Crippen LogP contribution is 2.38. The van der Waals surface area contributed by atoms with Gasteiger partial charge < -0.3 is 29.9 Å². The lowest BCUT2D eigenvalue weighted by Crippen LogP contribution is -2.45. The minimum absolute atomic E-state index is 0.0210. The number of ether oxygens (including phenoxy) is 2. The fourth-order valence-electron chi connectivity index (χ4n) is 4.61. The van der Waals surface area contributed by atoms with Crippen LogP contribution in [-0.4, -0.2) is 92.9 Å². The highest BCUT2D eigenvalue weighted by molar-refractivity contribution is 5.85. The number of aliphatic imine (C=N–C) groups is 1. The molecule has 2 N–H and O–H groups in total. The molecule has 4 atom stereocenters. The van der Waals surface area contributed by atoms with Gasteiger partial charge in [0.25, 0.3) is 0 Å². The third-order valence-electron chi connectivity index (χ3n) is 6.29. The summed E-state index contributed by atoms with van der Waals surface area (Å²) in [6.07, 6.45) is 2.74. The van der Waals surface area contributed by atoms with Gasteiger partial charge in [0.05, 0.1) is 6.61 Å². The van der Waals surface area contributed by atoms with Crippen LogP contribution in [0.3, 0.4) is 0 Å². The standard InChI is InChI=1S/C22H39N5O4/c1-22(2,3)31-21(29)25-18-7-6-16-12-27(13-17(16)18)20(24-11-19(28)26(4)5)23-10-15-8-9-30-14-15/h15-18H,6-14H2,1-5H3,(H,23,24)(H,25,29). The normalized spacial score (nSPS) is 28.4. The fraction of sp³-hybridized carbons (Fsp3) is 0.864. The number of nitrogens with zero attached hydrogens (tertiary/aromatic N) is 3. The number of likely N-dealkylation sites (tertiary alicyclic amines) is 1. The molecular formula is C22H39N5O4. The third kappa shape index (κ3) is 6.72. The Labute approximate surface area is 185 Å². The molecule has 0 aromatic carbocycles. The predicted octanol–water partition coefficient (Wildman–Crippen LogP) is 1.29. The van der Waals surface area contributed by atoms with Crippen LogP contribution in [0.1, 0.15) is 40.0 Å². The van der Waals surface area contributed by atoms with Crippen LogP contribution >= 0.6 is 0 Å². The van der Waals surface area contributed by atoms with E-state index in [9.17, 15) is 9.59 Å². The zero-order valence-corrected chi connectivity index (χ0v) is 19.6. The van der Waals surface area contributed by atoms with Crippen molar-refractivity contribution in [3.05, 3.63) is 0 Å². The van der Waals surface area contributed by atoms with Crippen LogP contribution in [0.4, 0.5) is 4.79 Å². The maximum absolute atomic E-state index is 12.3. The molecule has 3 aliphatic rings. The van der Waals surface area contributed by atoms with E-state index in [0.717, 1.165) is 58.1 Å². The third-order valence-corrected chi connectivity index (χ3v) is 6.29. The highest BCUT2D eigenvalue weighted by atomic mass is 16.6. The number of alkyl carbamates (subject to hydrolysis) is 1. The first-order valence-corrected chi connectivity index (χ1v) is 11.4. The Morgan fingerprint density at radius 1 is 1.19 bits per heavy atom. The van der Waals surface area contributed by atoms with Crippen LogP contribution in [0.15, 0.2) is 4.99 Å². The Morgan fingerprint density at radius 3 is 2.61 bits per heavy atom.